The summed E-state index contributed by atoms with van der Waals surface area (Å²) in [6, 6.07) is -0.697. The van der Waals surface area contributed by atoms with Gasteiger partial charge >= 0.3 is 0 Å². The van der Waals surface area contributed by atoms with Gasteiger partial charge in [-0.25, -0.2) is 0 Å². The molecule has 0 aliphatic heterocycles. The first-order chi connectivity index (χ1) is 8.04. The van der Waals surface area contributed by atoms with E-state index in [9.17, 15) is 9.59 Å². The van der Waals surface area contributed by atoms with Gasteiger partial charge in [-0.15, -0.1) is 0 Å². The van der Waals surface area contributed by atoms with Crippen molar-refractivity contribution in [3.05, 3.63) is 0 Å². The number of carbonyl (C=O) groups excluding carboxylic acids is 2. The fourth-order valence-electron chi connectivity index (χ4n) is 1.49. The summed E-state index contributed by atoms with van der Waals surface area (Å²) in [5.74, 6) is -0.361. The van der Waals surface area contributed by atoms with E-state index in [1.807, 2.05) is 0 Å². The van der Waals surface area contributed by atoms with Crippen molar-refractivity contribution in [3.8, 4) is 0 Å². The summed E-state index contributed by atoms with van der Waals surface area (Å²) in [5, 5.41) is 5.49. The minimum atomic E-state index is -0.508. The Morgan fingerprint density at radius 2 is 2.00 bits per heavy atom. The van der Waals surface area contributed by atoms with Crippen molar-refractivity contribution >= 4 is 11.8 Å². The Morgan fingerprint density at radius 3 is 2.53 bits per heavy atom. The van der Waals surface area contributed by atoms with Crippen LogP contribution in [-0.4, -0.2) is 29.9 Å². The summed E-state index contributed by atoms with van der Waals surface area (Å²) < 4.78 is 0. The van der Waals surface area contributed by atoms with Gasteiger partial charge in [0.1, 0.15) is 6.04 Å². The lowest BCUT2D eigenvalue weighted by Crippen LogP contribution is -2.50. The van der Waals surface area contributed by atoms with Gasteiger partial charge < -0.3 is 16.4 Å². The molecule has 17 heavy (non-hydrogen) atoms. The Labute approximate surface area is 103 Å². The predicted molar refractivity (Wildman–Crippen MR) is 66.3 cm³/mol. The normalized spacial score (nSPS) is 18.3. The molecule has 1 unspecified atom stereocenters. The number of hydrogen-bond acceptors (Lipinski definition) is 3. The average molecular weight is 241 g/mol. The summed E-state index contributed by atoms with van der Waals surface area (Å²) >= 11 is 0. The SMILES string of the molecule is CCCC[C@H](N)C(=O)NC(C)C(=O)NC1CC1. The lowest BCUT2D eigenvalue weighted by molar-refractivity contribution is -0.129. The van der Waals surface area contributed by atoms with Crippen LogP contribution >= 0.6 is 0 Å². The van der Waals surface area contributed by atoms with Gasteiger partial charge in [0.15, 0.2) is 0 Å². The summed E-state index contributed by atoms with van der Waals surface area (Å²) in [5.41, 5.74) is 5.72. The van der Waals surface area contributed by atoms with Gasteiger partial charge in [0, 0.05) is 6.04 Å². The van der Waals surface area contributed by atoms with Gasteiger partial charge in [-0.3, -0.25) is 9.59 Å². The maximum atomic E-state index is 11.6. The molecule has 0 aromatic carbocycles. The van der Waals surface area contributed by atoms with E-state index < -0.39 is 12.1 Å². The highest BCUT2D eigenvalue weighted by molar-refractivity contribution is 5.89. The van der Waals surface area contributed by atoms with Crippen molar-refractivity contribution < 1.29 is 9.59 Å². The highest BCUT2D eigenvalue weighted by Crippen LogP contribution is 2.18. The maximum Gasteiger partial charge on any atom is 0.242 e. The second-order valence-electron chi connectivity index (χ2n) is 4.76. The summed E-state index contributed by atoms with van der Waals surface area (Å²) in [4.78, 5) is 23.2. The molecule has 4 N–H and O–H groups in total. The van der Waals surface area contributed by atoms with Crippen molar-refractivity contribution in [1.29, 1.82) is 0 Å². The number of amides is 2. The largest absolute Gasteiger partial charge is 0.352 e. The van der Waals surface area contributed by atoms with Gasteiger partial charge in [0.05, 0.1) is 6.04 Å². The van der Waals surface area contributed by atoms with E-state index in [1.165, 1.54) is 0 Å². The predicted octanol–water partition coefficient (Wildman–Crippen LogP) is 0.287. The molecule has 1 saturated carbocycles. The van der Waals surface area contributed by atoms with Crippen LogP contribution in [0, 0.1) is 0 Å². The Bertz CT molecular complexity index is 277. The number of unbranched alkanes of at least 4 members (excludes halogenated alkanes) is 1. The molecule has 98 valence electrons. The average Bonchev–Trinajstić information content (AvgIpc) is 3.09. The van der Waals surface area contributed by atoms with Crippen molar-refractivity contribution in [2.75, 3.05) is 0 Å². The zero-order valence-electron chi connectivity index (χ0n) is 10.7. The highest BCUT2D eigenvalue weighted by Gasteiger charge is 2.26. The standard InChI is InChI=1S/C12H23N3O2/c1-3-4-5-10(13)12(17)14-8(2)11(16)15-9-6-7-9/h8-10H,3-7,13H2,1-2H3,(H,14,17)(H,15,16)/t8?,10-/m0/s1. The van der Waals surface area contributed by atoms with Crippen LogP contribution in [0.15, 0.2) is 0 Å². The second-order valence-corrected chi connectivity index (χ2v) is 4.76. The lowest BCUT2D eigenvalue weighted by Gasteiger charge is -2.17. The molecule has 0 spiro atoms. The van der Waals surface area contributed by atoms with E-state index >= 15 is 0 Å². The molecule has 0 bridgehead atoms. The Hall–Kier alpha value is -1.10. The van der Waals surface area contributed by atoms with Crippen molar-refractivity contribution in [2.45, 2.75) is 64.1 Å². The van der Waals surface area contributed by atoms with Crippen molar-refractivity contribution in [2.24, 2.45) is 5.73 Å². The molecule has 5 nitrogen and oxygen atoms in total. The van der Waals surface area contributed by atoms with Crippen molar-refractivity contribution in [3.63, 3.8) is 0 Å². The Balaban J connectivity index is 2.25. The smallest absolute Gasteiger partial charge is 0.242 e. The van der Waals surface area contributed by atoms with Crippen LogP contribution in [0.4, 0.5) is 0 Å². The van der Waals surface area contributed by atoms with Gasteiger partial charge in [0.25, 0.3) is 0 Å². The first-order valence-electron chi connectivity index (χ1n) is 6.41. The molecule has 2 atom stereocenters. The van der Waals surface area contributed by atoms with E-state index in [2.05, 4.69) is 17.6 Å². The van der Waals surface area contributed by atoms with Crippen LogP contribution in [-0.2, 0) is 9.59 Å². The quantitative estimate of drug-likeness (QED) is 0.599. The number of nitrogens with one attached hydrogen (secondary N) is 2. The fraction of sp³-hybridized carbons (Fsp3) is 0.833. The molecule has 1 aliphatic rings. The van der Waals surface area contributed by atoms with E-state index in [0.717, 1.165) is 25.7 Å². The van der Waals surface area contributed by atoms with E-state index in [1.54, 1.807) is 6.92 Å². The molecule has 0 saturated heterocycles. The molecule has 1 aliphatic carbocycles. The first kappa shape index (κ1) is 14.0. The third-order valence-electron chi connectivity index (χ3n) is 2.88. The molecule has 1 rings (SSSR count). The maximum absolute atomic E-state index is 11.6. The third kappa shape index (κ3) is 5.17. The van der Waals surface area contributed by atoms with Gasteiger partial charge in [-0.05, 0) is 26.2 Å². The number of carbonyl (C=O) groups is 2. The monoisotopic (exact) mass is 241 g/mol. The molecule has 2 amide bonds. The molecule has 0 aromatic rings. The van der Waals surface area contributed by atoms with E-state index in [0.29, 0.717) is 12.5 Å². The van der Waals surface area contributed by atoms with Gasteiger partial charge in [-0.1, -0.05) is 19.8 Å². The molecule has 1 fully saturated rings. The van der Waals surface area contributed by atoms with E-state index in [4.69, 9.17) is 5.73 Å². The van der Waals surface area contributed by atoms with Crippen LogP contribution in [0.2, 0.25) is 0 Å². The molecule has 5 heteroatoms. The Kier molecular flexibility index (Phi) is 5.41. The zero-order chi connectivity index (χ0) is 12.8. The Morgan fingerprint density at radius 1 is 1.35 bits per heavy atom. The topological polar surface area (TPSA) is 84.2 Å². The number of hydrogen-bond donors (Lipinski definition) is 3. The summed E-state index contributed by atoms with van der Waals surface area (Å²) in [7, 11) is 0. The molecule has 0 heterocycles. The third-order valence-corrected chi connectivity index (χ3v) is 2.88. The van der Waals surface area contributed by atoms with Crippen molar-refractivity contribution in [1.82, 2.24) is 10.6 Å². The van der Waals surface area contributed by atoms with Crippen LogP contribution in [0.5, 0.6) is 0 Å². The summed E-state index contributed by atoms with van der Waals surface area (Å²) in [6.07, 6.45) is 4.69. The van der Waals surface area contributed by atoms with Crippen LogP contribution in [0.1, 0.15) is 46.0 Å². The van der Waals surface area contributed by atoms with Crippen LogP contribution in [0.25, 0.3) is 0 Å². The lowest BCUT2D eigenvalue weighted by atomic mass is 10.1. The number of nitrogens with two attached hydrogens (primary N) is 1. The van der Waals surface area contributed by atoms with E-state index in [-0.39, 0.29) is 11.8 Å². The van der Waals surface area contributed by atoms with Crippen LogP contribution in [0.3, 0.4) is 0 Å². The summed E-state index contributed by atoms with van der Waals surface area (Å²) in [6.45, 7) is 3.73. The molecule has 0 aromatic heterocycles. The molecular formula is C12H23N3O2. The highest BCUT2D eigenvalue weighted by atomic mass is 16.2. The van der Waals surface area contributed by atoms with Gasteiger partial charge in [-0.2, -0.15) is 0 Å². The molecular weight excluding hydrogens is 218 g/mol. The zero-order valence-corrected chi connectivity index (χ0v) is 10.7. The number of rotatable bonds is 7. The minimum Gasteiger partial charge on any atom is -0.352 e. The molecule has 0 radical (unpaired) electrons. The minimum absolute atomic E-state index is 0.122. The fourth-order valence-corrected chi connectivity index (χ4v) is 1.49. The second kappa shape index (κ2) is 6.59. The van der Waals surface area contributed by atoms with Crippen LogP contribution < -0.4 is 16.4 Å². The van der Waals surface area contributed by atoms with Gasteiger partial charge in [0.2, 0.25) is 11.8 Å². The first-order valence-corrected chi connectivity index (χ1v) is 6.41.